The lowest BCUT2D eigenvalue weighted by Crippen LogP contribution is -2.58. The van der Waals surface area contributed by atoms with Crippen molar-refractivity contribution >= 4 is 75.6 Å². The van der Waals surface area contributed by atoms with E-state index in [9.17, 15) is 28.8 Å². The number of carbonyl (C=O) groups excluding carboxylic acids is 6. The second-order valence-corrected chi connectivity index (χ2v) is 27.8. The maximum absolute atomic E-state index is 14.7. The van der Waals surface area contributed by atoms with Gasteiger partial charge in [0.05, 0.1) is 67.8 Å². The molecule has 3 aromatic heterocycles. The highest BCUT2D eigenvalue weighted by molar-refractivity contribution is 7.15. The van der Waals surface area contributed by atoms with Gasteiger partial charge < -0.3 is 44.5 Å². The van der Waals surface area contributed by atoms with E-state index < -0.39 is 53.0 Å². The summed E-state index contributed by atoms with van der Waals surface area (Å²) in [5.74, 6) is -0.807. The van der Waals surface area contributed by atoms with Crippen LogP contribution in [0.3, 0.4) is 0 Å². The smallest absolute Gasteiger partial charge is 0.306 e. The predicted octanol–water partition coefficient (Wildman–Crippen LogP) is 11.2. The van der Waals surface area contributed by atoms with Crippen LogP contribution in [0.15, 0.2) is 59.0 Å². The second kappa shape index (κ2) is 34.3. The summed E-state index contributed by atoms with van der Waals surface area (Å²) in [5, 5.41) is 19.3. The number of esters is 2. The summed E-state index contributed by atoms with van der Waals surface area (Å²) in [6, 6.07) is 12.8. The van der Waals surface area contributed by atoms with Gasteiger partial charge in [-0.2, -0.15) is 0 Å². The van der Waals surface area contributed by atoms with Gasteiger partial charge in [-0.3, -0.25) is 38.3 Å². The van der Waals surface area contributed by atoms with Gasteiger partial charge in [0.15, 0.2) is 5.82 Å². The maximum atomic E-state index is 14.7. The number of benzene rings is 2. The number of likely N-dealkylation sites (tertiary alicyclic amines) is 1. The van der Waals surface area contributed by atoms with Gasteiger partial charge in [0.1, 0.15) is 47.3 Å². The van der Waals surface area contributed by atoms with Crippen molar-refractivity contribution in [1.82, 2.24) is 40.6 Å². The van der Waals surface area contributed by atoms with Crippen LogP contribution in [0.25, 0.3) is 15.4 Å². The van der Waals surface area contributed by atoms with Crippen LogP contribution in [-0.2, 0) is 59.0 Å². The molecule has 0 saturated carbocycles. The van der Waals surface area contributed by atoms with E-state index in [1.807, 2.05) is 114 Å². The number of fused-ring (bicyclic) bond motifs is 3. The van der Waals surface area contributed by atoms with Crippen molar-refractivity contribution in [2.75, 3.05) is 52.7 Å². The van der Waals surface area contributed by atoms with Gasteiger partial charge in [-0.1, -0.05) is 120 Å². The lowest BCUT2D eigenvalue weighted by Gasteiger charge is -2.35. The Hall–Kier alpha value is -6.43. The molecule has 23 heteroatoms. The highest BCUT2D eigenvalue weighted by atomic mass is 35.5. The van der Waals surface area contributed by atoms with Gasteiger partial charge in [0, 0.05) is 53.4 Å². The van der Waals surface area contributed by atoms with Crippen molar-refractivity contribution < 1.29 is 52.5 Å². The van der Waals surface area contributed by atoms with E-state index in [0.29, 0.717) is 29.5 Å². The summed E-state index contributed by atoms with van der Waals surface area (Å²) in [5.41, 5.74) is 7.17. The molecule has 4 atom stereocenters. The zero-order valence-corrected chi connectivity index (χ0v) is 56.5. The Morgan fingerprint density at radius 3 is 1.96 bits per heavy atom. The molecule has 3 N–H and O–H groups in total. The summed E-state index contributed by atoms with van der Waals surface area (Å²) in [4.78, 5) is 94.0. The lowest BCUT2D eigenvalue weighted by atomic mass is 9.85. The van der Waals surface area contributed by atoms with Crippen LogP contribution in [-0.4, -0.2) is 142 Å². The summed E-state index contributed by atoms with van der Waals surface area (Å²) >= 11 is 9.47. The number of nitrogens with zero attached hydrogens (tertiary/aromatic N) is 6. The van der Waals surface area contributed by atoms with E-state index in [0.717, 1.165) is 112 Å². The third-order valence-corrected chi connectivity index (χ3v) is 18.1. The molecule has 1 fully saturated rings. The number of rotatable bonds is 34. The largest absolute Gasteiger partial charge is 0.460 e. The van der Waals surface area contributed by atoms with E-state index in [2.05, 4.69) is 45.0 Å². The molecule has 5 heterocycles. The Bertz CT molecular complexity index is 3220. The lowest BCUT2D eigenvalue weighted by molar-refractivity contribution is -0.155. The van der Waals surface area contributed by atoms with Crippen LogP contribution in [0, 0.1) is 33.1 Å². The molecular weight excluding hydrogens is 1210 g/mol. The van der Waals surface area contributed by atoms with E-state index in [1.54, 1.807) is 22.7 Å². The molecule has 0 aliphatic carbocycles. The molecule has 2 aliphatic rings. The number of thiophene rings is 1. The Morgan fingerprint density at radius 2 is 1.33 bits per heavy atom. The topological polar surface area (TPSA) is 244 Å². The summed E-state index contributed by atoms with van der Waals surface area (Å²) in [6.45, 7) is 20.3. The first-order valence-electron chi connectivity index (χ1n) is 31.6. The third kappa shape index (κ3) is 21.3. The number of aliphatic imine (C=N–C) groups is 1. The van der Waals surface area contributed by atoms with E-state index in [-0.39, 0.29) is 96.4 Å². The number of thiazole rings is 1. The van der Waals surface area contributed by atoms with Crippen LogP contribution < -0.4 is 16.0 Å². The molecule has 2 aliphatic heterocycles. The Kier molecular flexibility index (Phi) is 27.1. The molecule has 0 radical (unpaired) electrons. The molecule has 0 unspecified atom stereocenters. The van der Waals surface area contributed by atoms with Crippen LogP contribution in [0.4, 0.5) is 0 Å². The van der Waals surface area contributed by atoms with Crippen LogP contribution >= 0.6 is 34.3 Å². The molecule has 2 aromatic carbocycles. The average Bonchev–Trinajstić information content (AvgIpc) is 1.63. The Balaban J connectivity index is 0.818. The van der Waals surface area contributed by atoms with Gasteiger partial charge in [0.2, 0.25) is 23.6 Å². The molecule has 0 spiro atoms. The number of halogens is 1. The fourth-order valence-electron chi connectivity index (χ4n) is 10.9. The normalized spacial score (nSPS) is 16.0. The van der Waals surface area contributed by atoms with Crippen LogP contribution in [0.2, 0.25) is 5.02 Å². The van der Waals surface area contributed by atoms with Crippen LogP contribution in [0.1, 0.15) is 182 Å². The average molecular weight is 1300 g/mol. The highest BCUT2D eigenvalue weighted by Crippen LogP contribution is 2.40. The van der Waals surface area contributed by atoms with Crippen molar-refractivity contribution in [3.63, 3.8) is 0 Å². The molecule has 0 bridgehead atoms. The summed E-state index contributed by atoms with van der Waals surface area (Å²) in [7, 11) is 0. The second-order valence-electron chi connectivity index (χ2n) is 25.3. The van der Waals surface area contributed by atoms with Crippen molar-refractivity contribution in [2.24, 2.45) is 10.4 Å². The Morgan fingerprint density at radius 1 is 0.722 bits per heavy atom. The summed E-state index contributed by atoms with van der Waals surface area (Å²) < 4.78 is 30.4. The highest BCUT2D eigenvalue weighted by Gasteiger charge is 2.46. The quantitative estimate of drug-likeness (QED) is 0.0256. The number of hydrogen-bond donors (Lipinski definition) is 3. The zero-order valence-electron chi connectivity index (χ0n) is 54.1. The fraction of sp³-hybridized carbons (Fsp3) is 0.582. The number of aryl methyl sites for hydroxylation is 3. The number of ether oxygens (including phenoxy) is 5. The zero-order chi connectivity index (χ0) is 65.0. The number of amides is 4. The molecule has 4 amide bonds. The molecular formula is C67H92ClN9O11S2. The minimum atomic E-state index is -1.05. The number of nitrogens with one attached hydrogen (secondary N) is 3. The molecule has 490 valence electrons. The number of carbonyl (C=O) groups is 6. The van der Waals surface area contributed by atoms with Gasteiger partial charge >= 0.3 is 11.9 Å². The SMILES string of the molecule is Cc1ncsc1-c1ccc(CNC(=O)[C@@H]2C[C@@H](OC(=O)CCCCCCCCCCCCC(=O)OC(C)(C)C)CN2C(=O)[C@@H](NC(=O)COCCOCCOCCNC(=O)C[C@@H]2N=C(c3ccc(Cl)cc3)c3c(sc(C)c3C)-n3c(C)nnc32)C(C)(C)C)cc1. The number of unbranched alkanes of at least 4 members (excludes halogenated alkanes) is 9. The van der Waals surface area contributed by atoms with Crippen molar-refractivity contribution in [1.29, 1.82) is 0 Å². The first-order valence-corrected chi connectivity index (χ1v) is 33.7. The van der Waals surface area contributed by atoms with E-state index >= 15 is 0 Å². The van der Waals surface area contributed by atoms with Gasteiger partial charge in [-0.25, -0.2) is 4.98 Å². The maximum Gasteiger partial charge on any atom is 0.306 e. The molecule has 5 aromatic rings. The first kappa shape index (κ1) is 71.0. The molecule has 1 saturated heterocycles. The number of hydrogen-bond acceptors (Lipinski definition) is 17. The minimum absolute atomic E-state index is 0.00756. The van der Waals surface area contributed by atoms with E-state index in [1.165, 1.54) is 4.90 Å². The molecule has 7 rings (SSSR count). The van der Waals surface area contributed by atoms with Crippen LogP contribution in [0.5, 0.6) is 0 Å². The van der Waals surface area contributed by atoms with Crippen molar-refractivity contribution in [2.45, 2.75) is 196 Å². The summed E-state index contributed by atoms with van der Waals surface area (Å²) in [6.07, 6.45) is 10.1. The minimum Gasteiger partial charge on any atom is -0.460 e. The van der Waals surface area contributed by atoms with Crippen molar-refractivity contribution in [3.8, 4) is 15.4 Å². The number of aromatic nitrogens is 4. The van der Waals surface area contributed by atoms with Gasteiger partial charge in [-0.05, 0) is 95.5 Å². The third-order valence-electron chi connectivity index (χ3n) is 15.7. The van der Waals surface area contributed by atoms with E-state index in [4.69, 9.17) is 40.3 Å². The molecule has 20 nitrogen and oxygen atoms in total. The molecule has 90 heavy (non-hydrogen) atoms. The fourth-order valence-corrected chi connectivity index (χ4v) is 13.0. The van der Waals surface area contributed by atoms with Gasteiger partial charge in [-0.15, -0.1) is 32.9 Å². The monoisotopic (exact) mass is 1300 g/mol. The van der Waals surface area contributed by atoms with Gasteiger partial charge in [0.25, 0.3) is 0 Å². The Labute approximate surface area is 543 Å². The standard InChI is InChI=1S/C67H92ClN9O11S2/c1-43-45(3)90-65-58(43)59(48-27-29-50(68)30-28-48)72-52(62-75-74-46(4)77(62)65)38-54(78)69-31-32-84-33-34-85-35-36-86-41-55(79)73-61(66(5,6)7)64(83)76-40-51(37-53(76)63(82)70-39-47-23-25-49(26-24-47)60-44(2)71-42-89-60)87-56(80)21-19-17-15-13-11-12-14-16-18-20-22-57(81)88-67(8,9)10/h23-30,42,51-53,61H,11-22,31-41H2,1-10H3,(H,69,78)(H,70,82)(H,73,79)/t51-,52+,53+,61-/m1/s1. The van der Waals surface area contributed by atoms with Crippen molar-refractivity contribution in [3.05, 3.63) is 104 Å². The first-order chi connectivity index (χ1) is 43.0. The predicted molar refractivity (Wildman–Crippen MR) is 350 cm³/mol.